The van der Waals surface area contributed by atoms with E-state index in [1.807, 2.05) is 6.92 Å². The van der Waals surface area contributed by atoms with Gasteiger partial charge < -0.3 is 10.1 Å². The first kappa shape index (κ1) is 15.7. The third-order valence-electron chi connectivity index (χ3n) is 2.98. The van der Waals surface area contributed by atoms with E-state index in [-0.39, 0.29) is 11.7 Å². The summed E-state index contributed by atoms with van der Waals surface area (Å²) in [7, 11) is 0. The van der Waals surface area contributed by atoms with Crippen molar-refractivity contribution in [2.75, 3.05) is 6.54 Å². The molecule has 1 N–H and O–H groups in total. The molecule has 2 rings (SSSR count). The summed E-state index contributed by atoms with van der Waals surface area (Å²) < 4.78 is 18.8. The maximum atomic E-state index is 13.2. The van der Waals surface area contributed by atoms with Crippen molar-refractivity contribution >= 4 is 11.6 Å². The van der Waals surface area contributed by atoms with Gasteiger partial charge in [-0.15, -0.1) is 0 Å². The molecule has 0 saturated carbocycles. The lowest BCUT2D eigenvalue weighted by Crippen LogP contribution is -2.13. The van der Waals surface area contributed by atoms with Crippen molar-refractivity contribution in [1.82, 2.24) is 10.3 Å². The van der Waals surface area contributed by atoms with Gasteiger partial charge in [-0.05, 0) is 43.1 Å². The van der Waals surface area contributed by atoms with E-state index in [0.717, 1.165) is 24.1 Å². The first-order valence-corrected chi connectivity index (χ1v) is 7.27. The number of nitrogens with one attached hydrogen (secondary N) is 1. The summed E-state index contributed by atoms with van der Waals surface area (Å²) in [4.78, 5) is 4.21. The van der Waals surface area contributed by atoms with Crippen molar-refractivity contribution < 1.29 is 9.13 Å². The molecule has 0 saturated heterocycles. The molecule has 0 atom stereocenters. The molecule has 0 aliphatic rings. The van der Waals surface area contributed by atoms with Crippen LogP contribution in [0.3, 0.4) is 0 Å². The number of benzene rings is 1. The van der Waals surface area contributed by atoms with Crippen LogP contribution in [0.25, 0.3) is 0 Å². The van der Waals surface area contributed by atoms with Gasteiger partial charge in [-0.2, -0.15) is 0 Å². The third-order valence-corrected chi connectivity index (χ3v) is 3.25. The Hall–Kier alpha value is -1.65. The van der Waals surface area contributed by atoms with Crippen LogP contribution >= 0.6 is 11.6 Å². The van der Waals surface area contributed by atoms with E-state index in [0.29, 0.717) is 17.3 Å². The van der Waals surface area contributed by atoms with Crippen LogP contribution in [0.2, 0.25) is 5.02 Å². The number of ether oxygens (including phenoxy) is 1. The Kier molecular flexibility index (Phi) is 5.53. The lowest BCUT2D eigenvalue weighted by molar-refractivity contribution is 0.454. The number of nitrogens with zero attached hydrogens (tertiary/aromatic N) is 1. The van der Waals surface area contributed by atoms with E-state index in [4.69, 9.17) is 16.3 Å². The number of halogens is 2. The summed E-state index contributed by atoms with van der Waals surface area (Å²) >= 11 is 6.18. The van der Waals surface area contributed by atoms with Gasteiger partial charge in [-0.25, -0.2) is 9.37 Å². The Morgan fingerprint density at radius 1 is 1.33 bits per heavy atom. The van der Waals surface area contributed by atoms with E-state index < -0.39 is 0 Å². The van der Waals surface area contributed by atoms with Gasteiger partial charge in [0.1, 0.15) is 16.6 Å². The van der Waals surface area contributed by atoms with Gasteiger partial charge in [0.2, 0.25) is 5.88 Å². The monoisotopic (exact) mass is 308 g/mol. The van der Waals surface area contributed by atoms with E-state index in [1.165, 1.54) is 12.1 Å². The highest BCUT2D eigenvalue weighted by atomic mass is 35.5. The molecule has 0 aliphatic heterocycles. The minimum Gasteiger partial charge on any atom is -0.437 e. The van der Waals surface area contributed by atoms with Crippen molar-refractivity contribution in [3.05, 3.63) is 52.4 Å². The quantitative estimate of drug-likeness (QED) is 0.799. The van der Waals surface area contributed by atoms with Crippen LogP contribution in [0.5, 0.6) is 11.6 Å². The zero-order chi connectivity index (χ0) is 15.2. The predicted molar refractivity (Wildman–Crippen MR) is 82.5 cm³/mol. The lowest BCUT2D eigenvalue weighted by atomic mass is 10.2. The second-order valence-corrected chi connectivity index (χ2v) is 5.23. The van der Waals surface area contributed by atoms with Crippen molar-refractivity contribution in [2.45, 2.75) is 26.8 Å². The third kappa shape index (κ3) is 4.41. The molecule has 0 spiro atoms. The summed E-state index contributed by atoms with van der Waals surface area (Å²) in [5.74, 6) is 0.345. The van der Waals surface area contributed by atoms with E-state index in [1.54, 1.807) is 18.3 Å². The molecule has 2 aromatic rings. The summed E-state index contributed by atoms with van der Waals surface area (Å²) in [6.07, 6.45) is 2.78. The Morgan fingerprint density at radius 3 is 2.86 bits per heavy atom. The average molecular weight is 309 g/mol. The molecule has 0 aliphatic carbocycles. The maximum absolute atomic E-state index is 13.2. The first-order chi connectivity index (χ1) is 10.1. The van der Waals surface area contributed by atoms with Crippen LogP contribution in [0, 0.1) is 12.7 Å². The van der Waals surface area contributed by atoms with Crippen LogP contribution in [0.4, 0.5) is 4.39 Å². The van der Waals surface area contributed by atoms with Crippen molar-refractivity contribution in [3.8, 4) is 11.6 Å². The molecule has 1 aromatic carbocycles. The smallest absolute Gasteiger partial charge is 0.238 e. The van der Waals surface area contributed by atoms with Gasteiger partial charge in [-0.3, -0.25) is 0 Å². The van der Waals surface area contributed by atoms with Crippen LogP contribution < -0.4 is 10.1 Å². The van der Waals surface area contributed by atoms with Gasteiger partial charge in [0, 0.05) is 18.8 Å². The fraction of sp³-hybridized carbons (Fsp3) is 0.312. The fourth-order valence-electron chi connectivity index (χ4n) is 1.83. The molecular weight excluding hydrogens is 291 g/mol. The molecule has 0 fully saturated rings. The zero-order valence-corrected chi connectivity index (χ0v) is 12.9. The number of aromatic nitrogens is 1. The number of hydrogen-bond donors (Lipinski definition) is 1. The van der Waals surface area contributed by atoms with E-state index >= 15 is 0 Å². The molecule has 0 unspecified atom stereocenters. The van der Waals surface area contributed by atoms with Crippen molar-refractivity contribution in [1.29, 1.82) is 0 Å². The minimum absolute atomic E-state index is 0.282. The molecule has 112 valence electrons. The molecule has 5 heteroatoms. The summed E-state index contributed by atoms with van der Waals surface area (Å²) in [5.41, 5.74) is 1.81. The van der Waals surface area contributed by atoms with Gasteiger partial charge in [0.25, 0.3) is 0 Å². The summed E-state index contributed by atoms with van der Waals surface area (Å²) in [6, 6.07) is 6.17. The zero-order valence-electron chi connectivity index (χ0n) is 12.1. The van der Waals surface area contributed by atoms with Crippen molar-refractivity contribution in [2.24, 2.45) is 0 Å². The maximum Gasteiger partial charge on any atom is 0.238 e. The first-order valence-electron chi connectivity index (χ1n) is 6.89. The highest BCUT2D eigenvalue weighted by Crippen LogP contribution is 2.30. The summed E-state index contributed by atoms with van der Waals surface area (Å²) in [5, 5.41) is 3.69. The summed E-state index contributed by atoms with van der Waals surface area (Å²) in [6.45, 7) is 5.60. The van der Waals surface area contributed by atoms with Gasteiger partial charge in [0.05, 0.1) is 0 Å². The highest BCUT2D eigenvalue weighted by Gasteiger charge is 2.09. The lowest BCUT2D eigenvalue weighted by Gasteiger charge is -2.10. The highest BCUT2D eigenvalue weighted by molar-refractivity contribution is 6.31. The van der Waals surface area contributed by atoms with Crippen LogP contribution in [0.1, 0.15) is 24.5 Å². The Bertz CT molecular complexity index is 619. The molecule has 1 aromatic heterocycles. The number of hydrogen-bond acceptors (Lipinski definition) is 3. The second kappa shape index (κ2) is 7.38. The average Bonchev–Trinajstić information content (AvgIpc) is 2.46. The van der Waals surface area contributed by atoms with E-state index in [2.05, 4.69) is 17.2 Å². The minimum atomic E-state index is -0.355. The van der Waals surface area contributed by atoms with Crippen LogP contribution in [0.15, 0.2) is 30.5 Å². The normalized spacial score (nSPS) is 10.7. The molecule has 0 amide bonds. The molecular formula is C16H18ClFN2O. The second-order valence-electron chi connectivity index (χ2n) is 4.82. The van der Waals surface area contributed by atoms with Crippen LogP contribution in [-0.2, 0) is 6.54 Å². The van der Waals surface area contributed by atoms with Crippen LogP contribution in [-0.4, -0.2) is 11.5 Å². The topological polar surface area (TPSA) is 34.2 Å². The molecule has 3 nitrogen and oxygen atoms in total. The standard InChI is InChI=1S/C16H18ClFN2O/c1-3-6-19-9-12-7-14(17)16(20-10-12)21-15-8-13(18)5-4-11(15)2/h4-5,7-8,10,19H,3,6,9H2,1-2H3. The Balaban J connectivity index is 2.12. The molecule has 1 heterocycles. The predicted octanol–water partition coefficient (Wildman–Crippen LogP) is 4.47. The SMILES string of the molecule is CCCNCc1cnc(Oc2cc(F)ccc2C)c(Cl)c1. The van der Waals surface area contributed by atoms with Gasteiger partial charge in [0.15, 0.2) is 0 Å². The number of rotatable bonds is 6. The largest absolute Gasteiger partial charge is 0.437 e. The van der Waals surface area contributed by atoms with Gasteiger partial charge in [-0.1, -0.05) is 24.6 Å². The Labute approximate surface area is 129 Å². The number of aryl methyl sites for hydroxylation is 1. The molecule has 21 heavy (non-hydrogen) atoms. The van der Waals surface area contributed by atoms with E-state index in [9.17, 15) is 4.39 Å². The fourth-order valence-corrected chi connectivity index (χ4v) is 2.06. The molecule has 0 radical (unpaired) electrons. The molecule has 0 bridgehead atoms. The number of pyridine rings is 1. The van der Waals surface area contributed by atoms with Gasteiger partial charge >= 0.3 is 0 Å². The van der Waals surface area contributed by atoms with Crippen molar-refractivity contribution in [3.63, 3.8) is 0 Å². The Morgan fingerprint density at radius 2 is 2.14 bits per heavy atom.